The standard InChI is InChI=1S/C22H31FN2O2.CH4O/c1-27-19-11-8-17(20(23)13-19)14-24(18-9-10-18)15-22(26)25-12-4-6-16-5-2-3-7-21(16)25;1-2/h8,11,13,16,18,21H,2-7,9-10,12,14-15H2,1H3;2H,1H3. The van der Waals surface area contributed by atoms with E-state index in [9.17, 15) is 9.18 Å². The molecular formula is C23H35FN2O3. The average Bonchev–Trinajstić information content (AvgIpc) is 3.61. The molecule has 1 heterocycles. The van der Waals surface area contributed by atoms with Crippen LogP contribution in [-0.4, -0.2) is 60.2 Å². The molecule has 162 valence electrons. The van der Waals surface area contributed by atoms with Crippen molar-refractivity contribution in [3.63, 3.8) is 0 Å². The van der Waals surface area contributed by atoms with Crippen LogP contribution in [0.1, 0.15) is 56.9 Å². The monoisotopic (exact) mass is 406 g/mol. The zero-order chi connectivity index (χ0) is 20.8. The van der Waals surface area contributed by atoms with E-state index in [0.717, 1.165) is 39.3 Å². The van der Waals surface area contributed by atoms with Gasteiger partial charge in [-0.05, 0) is 50.5 Å². The van der Waals surface area contributed by atoms with Gasteiger partial charge in [0.05, 0.1) is 13.7 Å². The fourth-order valence-electron chi connectivity index (χ4n) is 4.95. The second-order valence-electron chi connectivity index (χ2n) is 8.43. The van der Waals surface area contributed by atoms with Crippen molar-refractivity contribution in [3.05, 3.63) is 29.6 Å². The van der Waals surface area contributed by atoms with E-state index in [4.69, 9.17) is 9.84 Å². The van der Waals surface area contributed by atoms with Crippen molar-refractivity contribution in [2.45, 2.75) is 70.0 Å². The van der Waals surface area contributed by atoms with Crippen molar-refractivity contribution < 1.29 is 19.0 Å². The number of fused-ring (bicyclic) bond motifs is 1. The summed E-state index contributed by atoms with van der Waals surface area (Å²) in [5.41, 5.74) is 0.643. The highest BCUT2D eigenvalue weighted by molar-refractivity contribution is 5.79. The number of hydrogen-bond acceptors (Lipinski definition) is 4. The number of aliphatic hydroxyl groups is 1. The highest BCUT2D eigenvalue weighted by Crippen LogP contribution is 2.36. The number of piperidine rings is 1. The van der Waals surface area contributed by atoms with Gasteiger partial charge in [-0.1, -0.05) is 18.9 Å². The molecule has 0 aromatic heterocycles. The third kappa shape index (κ3) is 5.48. The van der Waals surface area contributed by atoms with Crippen LogP contribution in [0.5, 0.6) is 5.75 Å². The Morgan fingerprint density at radius 3 is 2.59 bits per heavy atom. The third-order valence-electron chi connectivity index (χ3n) is 6.60. The van der Waals surface area contributed by atoms with E-state index < -0.39 is 0 Å². The number of rotatable bonds is 6. The molecule has 6 heteroatoms. The van der Waals surface area contributed by atoms with Crippen LogP contribution in [-0.2, 0) is 11.3 Å². The average molecular weight is 407 g/mol. The number of benzene rings is 1. The smallest absolute Gasteiger partial charge is 0.237 e. The predicted octanol–water partition coefficient (Wildman–Crippen LogP) is 3.59. The van der Waals surface area contributed by atoms with Gasteiger partial charge in [0.15, 0.2) is 0 Å². The summed E-state index contributed by atoms with van der Waals surface area (Å²) in [4.78, 5) is 17.5. The zero-order valence-corrected chi connectivity index (χ0v) is 17.8. The van der Waals surface area contributed by atoms with E-state index in [-0.39, 0.29) is 11.7 Å². The molecule has 1 N–H and O–H groups in total. The Morgan fingerprint density at radius 1 is 1.17 bits per heavy atom. The fourth-order valence-corrected chi connectivity index (χ4v) is 4.95. The minimum atomic E-state index is -0.252. The number of ether oxygens (including phenoxy) is 1. The molecule has 29 heavy (non-hydrogen) atoms. The lowest BCUT2D eigenvalue weighted by molar-refractivity contribution is -0.139. The maximum absolute atomic E-state index is 14.4. The maximum atomic E-state index is 14.4. The van der Waals surface area contributed by atoms with E-state index in [1.165, 1.54) is 31.7 Å². The normalized spacial score (nSPS) is 23.8. The van der Waals surface area contributed by atoms with Gasteiger partial charge in [0, 0.05) is 43.9 Å². The van der Waals surface area contributed by atoms with Crippen molar-refractivity contribution in [2.75, 3.05) is 27.3 Å². The van der Waals surface area contributed by atoms with Crippen LogP contribution in [0.4, 0.5) is 4.39 Å². The summed E-state index contributed by atoms with van der Waals surface area (Å²) < 4.78 is 19.5. The number of likely N-dealkylation sites (tertiary alicyclic amines) is 1. The van der Waals surface area contributed by atoms with Crippen LogP contribution in [0.15, 0.2) is 18.2 Å². The Bertz CT molecular complexity index is 678. The summed E-state index contributed by atoms with van der Waals surface area (Å²) in [5, 5.41) is 7.00. The highest BCUT2D eigenvalue weighted by Gasteiger charge is 2.38. The number of aliphatic hydroxyl groups excluding tert-OH is 1. The van der Waals surface area contributed by atoms with Gasteiger partial charge in [0.1, 0.15) is 11.6 Å². The lowest BCUT2D eigenvalue weighted by atomic mass is 9.78. The van der Waals surface area contributed by atoms with Gasteiger partial charge in [0.25, 0.3) is 0 Å². The SMILES string of the molecule is CO.COc1ccc(CN(CC(=O)N2CCCC3CCCCC32)C2CC2)c(F)c1. The predicted molar refractivity (Wildman–Crippen MR) is 111 cm³/mol. The van der Waals surface area contributed by atoms with Crippen molar-refractivity contribution in [2.24, 2.45) is 5.92 Å². The first kappa shape index (κ1) is 22.0. The Kier molecular flexibility index (Phi) is 7.90. The van der Waals surface area contributed by atoms with Gasteiger partial charge in [-0.15, -0.1) is 0 Å². The lowest BCUT2D eigenvalue weighted by Crippen LogP contribution is -2.52. The number of halogens is 1. The van der Waals surface area contributed by atoms with Crippen LogP contribution < -0.4 is 4.74 Å². The van der Waals surface area contributed by atoms with Gasteiger partial charge >= 0.3 is 0 Å². The van der Waals surface area contributed by atoms with Crippen LogP contribution in [0.3, 0.4) is 0 Å². The molecule has 1 aliphatic heterocycles. The molecule has 1 aromatic rings. The van der Waals surface area contributed by atoms with E-state index in [0.29, 0.717) is 42.4 Å². The van der Waals surface area contributed by atoms with E-state index in [1.54, 1.807) is 19.2 Å². The molecule has 1 saturated heterocycles. The summed E-state index contributed by atoms with van der Waals surface area (Å²) in [7, 11) is 2.54. The van der Waals surface area contributed by atoms with Crippen LogP contribution >= 0.6 is 0 Å². The van der Waals surface area contributed by atoms with Crippen LogP contribution in [0.2, 0.25) is 0 Å². The molecule has 0 radical (unpaired) electrons. The Labute approximate surface area is 173 Å². The first-order valence-electron chi connectivity index (χ1n) is 11.0. The number of carbonyl (C=O) groups is 1. The molecule has 2 unspecified atom stereocenters. The van der Waals surface area contributed by atoms with E-state index >= 15 is 0 Å². The summed E-state index contributed by atoms with van der Waals surface area (Å²) in [6, 6.07) is 5.87. The van der Waals surface area contributed by atoms with E-state index in [1.807, 2.05) is 0 Å². The first-order valence-corrected chi connectivity index (χ1v) is 11.0. The highest BCUT2D eigenvalue weighted by atomic mass is 19.1. The topological polar surface area (TPSA) is 53.0 Å². The fraction of sp³-hybridized carbons (Fsp3) is 0.696. The molecule has 1 aromatic carbocycles. The van der Waals surface area contributed by atoms with Crippen LogP contribution in [0, 0.1) is 11.7 Å². The number of hydrogen-bond donors (Lipinski definition) is 1. The Morgan fingerprint density at radius 2 is 1.90 bits per heavy atom. The van der Waals surface area contributed by atoms with Gasteiger partial charge in [-0.25, -0.2) is 4.39 Å². The van der Waals surface area contributed by atoms with Gasteiger partial charge in [-0.2, -0.15) is 0 Å². The lowest BCUT2D eigenvalue weighted by Gasteiger charge is -2.44. The molecule has 5 nitrogen and oxygen atoms in total. The summed E-state index contributed by atoms with van der Waals surface area (Å²) in [5.74, 6) is 1.22. The minimum absolute atomic E-state index is 0.243. The molecular weight excluding hydrogens is 371 g/mol. The quantitative estimate of drug-likeness (QED) is 0.785. The van der Waals surface area contributed by atoms with Gasteiger partial charge in [-0.3, -0.25) is 9.69 Å². The van der Waals surface area contributed by atoms with Gasteiger partial charge in [0.2, 0.25) is 5.91 Å². The first-order chi connectivity index (χ1) is 14.2. The molecule has 4 rings (SSSR count). The number of nitrogens with zero attached hydrogens (tertiary/aromatic N) is 2. The summed E-state index contributed by atoms with van der Waals surface area (Å²) >= 11 is 0. The van der Waals surface area contributed by atoms with Crippen LogP contribution in [0.25, 0.3) is 0 Å². The molecule has 2 saturated carbocycles. The zero-order valence-electron chi connectivity index (χ0n) is 17.8. The third-order valence-corrected chi connectivity index (χ3v) is 6.60. The summed E-state index contributed by atoms with van der Waals surface area (Å²) in [6.07, 6.45) is 9.61. The Balaban J connectivity index is 0.00000117. The number of methoxy groups -OCH3 is 1. The molecule has 3 aliphatic rings. The summed E-state index contributed by atoms with van der Waals surface area (Å²) in [6.45, 7) is 1.81. The molecule has 0 spiro atoms. The Hall–Kier alpha value is -1.66. The molecule has 3 fully saturated rings. The molecule has 1 amide bonds. The van der Waals surface area contributed by atoms with E-state index in [2.05, 4.69) is 9.80 Å². The number of carbonyl (C=O) groups excluding carboxylic acids is 1. The molecule has 2 aliphatic carbocycles. The molecule has 0 bridgehead atoms. The molecule has 2 atom stereocenters. The largest absolute Gasteiger partial charge is 0.497 e. The second-order valence-corrected chi connectivity index (χ2v) is 8.43. The second kappa shape index (κ2) is 10.4. The van der Waals surface area contributed by atoms with Crippen molar-refractivity contribution >= 4 is 5.91 Å². The van der Waals surface area contributed by atoms with Crippen molar-refractivity contribution in [3.8, 4) is 5.75 Å². The van der Waals surface area contributed by atoms with Crippen molar-refractivity contribution in [1.82, 2.24) is 9.80 Å². The number of amides is 1. The van der Waals surface area contributed by atoms with Crippen molar-refractivity contribution in [1.29, 1.82) is 0 Å². The van der Waals surface area contributed by atoms with Gasteiger partial charge < -0.3 is 14.7 Å². The minimum Gasteiger partial charge on any atom is -0.497 e. The maximum Gasteiger partial charge on any atom is 0.237 e.